The molecule has 18 heavy (non-hydrogen) atoms. The zero-order valence-electron chi connectivity index (χ0n) is 9.94. The second kappa shape index (κ2) is 6.52. The Morgan fingerprint density at radius 2 is 2.17 bits per heavy atom. The van der Waals surface area contributed by atoms with Gasteiger partial charge >= 0.3 is 0 Å². The molecule has 1 rings (SSSR count). The summed E-state index contributed by atoms with van der Waals surface area (Å²) >= 11 is 11.8. The van der Waals surface area contributed by atoms with E-state index in [9.17, 15) is 9.90 Å². The Morgan fingerprint density at radius 3 is 2.67 bits per heavy atom. The molecule has 0 saturated heterocycles. The third kappa shape index (κ3) is 3.55. The zero-order valence-corrected chi connectivity index (χ0v) is 11.5. The first kappa shape index (κ1) is 14.7. The SMILES string of the molecule is CCO/C=C/N(C(=O)[O-])c1c(C)cc(Cl)cc1Cl. The second-order valence-electron chi connectivity index (χ2n) is 3.43. The van der Waals surface area contributed by atoms with Crippen LogP contribution in [0.5, 0.6) is 0 Å². The first-order chi connectivity index (χ1) is 8.47. The number of ether oxygens (including phenoxy) is 1. The molecule has 0 fully saturated rings. The Labute approximate surface area is 115 Å². The van der Waals surface area contributed by atoms with Crippen LogP contribution in [0.4, 0.5) is 10.5 Å². The molecule has 0 aliphatic carbocycles. The summed E-state index contributed by atoms with van der Waals surface area (Å²) in [5.41, 5.74) is 0.926. The van der Waals surface area contributed by atoms with Crippen molar-refractivity contribution in [1.82, 2.24) is 0 Å². The smallest absolute Gasteiger partial charge is 0.146 e. The Morgan fingerprint density at radius 1 is 1.50 bits per heavy atom. The van der Waals surface area contributed by atoms with Crippen LogP contribution in [-0.4, -0.2) is 12.7 Å². The van der Waals surface area contributed by atoms with Gasteiger partial charge in [0.1, 0.15) is 6.09 Å². The van der Waals surface area contributed by atoms with Crippen molar-refractivity contribution in [1.29, 1.82) is 0 Å². The summed E-state index contributed by atoms with van der Waals surface area (Å²) in [6, 6.07) is 3.09. The number of hydrogen-bond donors (Lipinski definition) is 0. The van der Waals surface area contributed by atoms with Gasteiger partial charge in [0.2, 0.25) is 0 Å². The maximum atomic E-state index is 11.1. The van der Waals surface area contributed by atoms with Gasteiger partial charge in [-0.15, -0.1) is 0 Å². The molecule has 1 aromatic carbocycles. The lowest BCUT2D eigenvalue weighted by atomic mass is 10.2. The molecule has 0 aliphatic rings. The fraction of sp³-hybridized carbons (Fsp3) is 0.250. The lowest BCUT2D eigenvalue weighted by Gasteiger charge is -2.24. The molecule has 0 unspecified atom stereocenters. The molecule has 0 heterocycles. The number of hydrogen-bond acceptors (Lipinski definition) is 3. The molecule has 0 aromatic heterocycles. The zero-order chi connectivity index (χ0) is 13.7. The first-order valence-electron chi connectivity index (χ1n) is 5.21. The largest absolute Gasteiger partial charge is 0.529 e. The number of amides is 1. The summed E-state index contributed by atoms with van der Waals surface area (Å²) in [5.74, 6) is 0. The number of anilines is 1. The topological polar surface area (TPSA) is 52.6 Å². The van der Waals surface area contributed by atoms with Crippen molar-refractivity contribution in [2.45, 2.75) is 13.8 Å². The standard InChI is InChI=1S/C12H13Cl2NO3/c1-3-18-5-4-15(12(16)17)11-8(2)6-9(13)7-10(11)14/h4-7H,3H2,1-2H3,(H,16,17)/p-1/b5-4+. The van der Waals surface area contributed by atoms with Crippen LogP contribution in [0.25, 0.3) is 0 Å². The van der Waals surface area contributed by atoms with Gasteiger partial charge in [0.05, 0.1) is 23.6 Å². The molecule has 1 aromatic rings. The summed E-state index contributed by atoms with van der Waals surface area (Å²) in [5, 5.41) is 11.8. The van der Waals surface area contributed by atoms with E-state index in [1.165, 1.54) is 18.5 Å². The van der Waals surface area contributed by atoms with Crippen LogP contribution in [-0.2, 0) is 4.74 Å². The predicted octanol–water partition coefficient (Wildman–Crippen LogP) is 2.96. The molecular formula is C12H12Cl2NO3-. The number of nitrogens with zero attached hydrogens (tertiary/aromatic N) is 1. The fourth-order valence-corrected chi connectivity index (χ4v) is 2.11. The molecule has 6 heteroatoms. The van der Waals surface area contributed by atoms with E-state index < -0.39 is 6.09 Å². The highest BCUT2D eigenvalue weighted by atomic mass is 35.5. The van der Waals surface area contributed by atoms with E-state index in [4.69, 9.17) is 27.9 Å². The van der Waals surface area contributed by atoms with Crippen molar-refractivity contribution in [2.75, 3.05) is 11.5 Å². The van der Waals surface area contributed by atoms with Gasteiger partial charge in [-0.05, 0) is 31.5 Å². The minimum absolute atomic E-state index is 0.227. The Kier molecular flexibility index (Phi) is 5.31. The molecule has 4 nitrogen and oxygen atoms in total. The summed E-state index contributed by atoms with van der Waals surface area (Å²) in [6.45, 7) is 3.93. The normalized spacial score (nSPS) is 10.7. The average Bonchev–Trinajstić information content (AvgIpc) is 2.25. The van der Waals surface area contributed by atoms with Crippen LogP contribution in [0.3, 0.4) is 0 Å². The maximum absolute atomic E-state index is 11.1. The minimum Gasteiger partial charge on any atom is -0.529 e. The number of carboxylic acid groups (broad SMARTS) is 1. The molecule has 0 spiro atoms. The van der Waals surface area contributed by atoms with Crippen LogP contribution < -0.4 is 10.0 Å². The second-order valence-corrected chi connectivity index (χ2v) is 4.27. The van der Waals surface area contributed by atoms with Gasteiger partial charge in [0.15, 0.2) is 0 Å². The third-order valence-corrected chi connectivity index (χ3v) is 2.64. The first-order valence-corrected chi connectivity index (χ1v) is 5.97. The number of rotatable bonds is 4. The number of aryl methyl sites for hydroxylation is 1. The van der Waals surface area contributed by atoms with E-state index >= 15 is 0 Å². The van der Waals surface area contributed by atoms with Gasteiger partial charge in [-0.2, -0.15) is 0 Å². The van der Waals surface area contributed by atoms with Crippen LogP contribution >= 0.6 is 23.2 Å². The Balaban J connectivity index is 3.18. The average molecular weight is 289 g/mol. The molecule has 0 radical (unpaired) electrons. The summed E-state index contributed by atoms with van der Waals surface area (Å²) in [7, 11) is 0. The summed E-state index contributed by atoms with van der Waals surface area (Å²) < 4.78 is 4.96. The molecular weight excluding hydrogens is 277 g/mol. The monoisotopic (exact) mass is 288 g/mol. The minimum atomic E-state index is -1.40. The van der Waals surface area contributed by atoms with Gasteiger partial charge in [0.25, 0.3) is 0 Å². The van der Waals surface area contributed by atoms with Crippen molar-refractivity contribution >= 4 is 35.0 Å². The number of carbonyl (C=O) groups excluding carboxylic acids is 1. The summed E-state index contributed by atoms with van der Waals surface area (Å²) in [4.78, 5) is 12.0. The van der Waals surface area contributed by atoms with Gasteiger partial charge in [-0.3, -0.25) is 4.90 Å². The summed E-state index contributed by atoms with van der Waals surface area (Å²) in [6.07, 6.45) is 1.10. The maximum Gasteiger partial charge on any atom is 0.146 e. The molecule has 0 aliphatic heterocycles. The highest BCUT2D eigenvalue weighted by molar-refractivity contribution is 6.37. The molecule has 1 amide bonds. The van der Waals surface area contributed by atoms with Crippen molar-refractivity contribution in [3.63, 3.8) is 0 Å². The van der Waals surface area contributed by atoms with Crippen LogP contribution in [0.1, 0.15) is 12.5 Å². The van der Waals surface area contributed by atoms with Gasteiger partial charge < -0.3 is 14.6 Å². The van der Waals surface area contributed by atoms with E-state index in [0.717, 1.165) is 4.90 Å². The van der Waals surface area contributed by atoms with Gasteiger partial charge in [-0.25, -0.2) is 0 Å². The third-order valence-electron chi connectivity index (χ3n) is 2.13. The lowest BCUT2D eigenvalue weighted by molar-refractivity contribution is -0.245. The van der Waals surface area contributed by atoms with Crippen LogP contribution in [0, 0.1) is 6.92 Å². The van der Waals surface area contributed by atoms with Crippen molar-refractivity contribution in [2.24, 2.45) is 0 Å². The highest BCUT2D eigenvalue weighted by Crippen LogP contribution is 2.32. The Hall–Kier alpha value is -1.39. The van der Waals surface area contributed by atoms with Crippen LogP contribution in [0.2, 0.25) is 10.0 Å². The van der Waals surface area contributed by atoms with Crippen molar-refractivity contribution in [3.8, 4) is 0 Å². The number of carbonyl (C=O) groups is 1. The lowest BCUT2D eigenvalue weighted by Crippen LogP contribution is -2.38. The van der Waals surface area contributed by atoms with Crippen molar-refractivity contribution in [3.05, 3.63) is 40.2 Å². The van der Waals surface area contributed by atoms with E-state index in [1.807, 2.05) is 0 Å². The van der Waals surface area contributed by atoms with Gasteiger partial charge in [0, 0.05) is 11.2 Å². The molecule has 0 N–H and O–H groups in total. The quantitative estimate of drug-likeness (QED) is 0.801. The Bertz CT molecular complexity index is 451. The fourth-order valence-electron chi connectivity index (χ4n) is 1.43. The number of benzene rings is 1. The van der Waals surface area contributed by atoms with E-state index in [2.05, 4.69) is 0 Å². The number of halogens is 2. The van der Waals surface area contributed by atoms with E-state index in [1.54, 1.807) is 19.9 Å². The van der Waals surface area contributed by atoms with Gasteiger partial charge in [-0.1, -0.05) is 23.2 Å². The van der Waals surface area contributed by atoms with Crippen LogP contribution in [0.15, 0.2) is 24.6 Å². The molecule has 0 saturated carbocycles. The van der Waals surface area contributed by atoms with E-state index in [-0.39, 0.29) is 5.02 Å². The molecule has 0 atom stereocenters. The van der Waals surface area contributed by atoms with E-state index in [0.29, 0.717) is 22.9 Å². The predicted molar refractivity (Wildman–Crippen MR) is 69.8 cm³/mol. The highest BCUT2D eigenvalue weighted by Gasteiger charge is 2.13. The molecule has 0 bridgehead atoms. The molecule has 98 valence electrons. The van der Waals surface area contributed by atoms with Crippen molar-refractivity contribution < 1.29 is 14.6 Å².